The number of amides is 1. The zero-order valence-electron chi connectivity index (χ0n) is 12.8. The SMILES string of the molecule is O=C(NCc1noc(-c2cccs2)n1)[C@@H]1COc2ccccc2C1. The van der Waals surface area contributed by atoms with E-state index < -0.39 is 0 Å². The smallest absolute Gasteiger partial charge is 0.268 e. The van der Waals surface area contributed by atoms with Crippen LogP contribution in [0.2, 0.25) is 0 Å². The number of para-hydroxylation sites is 1. The summed E-state index contributed by atoms with van der Waals surface area (Å²) in [6, 6.07) is 11.6. The number of fused-ring (bicyclic) bond motifs is 1. The number of ether oxygens (including phenoxy) is 1. The molecule has 6 nitrogen and oxygen atoms in total. The van der Waals surface area contributed by atoms with E-state index in [1.165, 1.54) is 11.3 Å². The van der Waals surface area contributed by atoms with Gasteiger partial charge in [-0.2, -0.15) is 4.98 Å². The summed E-state index contributed by atoms with van der Waals surface area (Å²) in [5.41, 5.74) is 1.06. The third-order valence-electron chi connectivity index (χ3n) is 3.87. The monoisotopic (exact) mass is 341 g/mol. The van der Waals surface area contributed by atoms with Crippen LogP contribution in [0.15, 0.2) is 46.3 Å². The molecule has 4 rings (SSSR count). The highest BCUT2D eigenvalue weighted by Crippen LogP contribution is 2.27. The van der Waals surface area contributed by atoms with Crippen LogP contribution >= 0.6 is 11.3 Å². The maximum Gasteiger partial charge on any atom is 0.268 e. The minimum absolute atomic E-state index is 0.0630. The summed E-state index contributed by atoms with van der Waals surface area (Å²) >= 11 is 1.53. The van der Waals surface area contributed by atoms with Crippen molar-refractivity contribution in [3.63, 3.8) is 0 Å². The van der Waals surface area contributed by atoms with Gasteiger partial charge in [0.15, 0.2) is 5.82 Å². The summed E-state index contributed by atoms with van der Waals surface area (Å²) in [6.07, 6.45) is 0.675. The van der Waals surface area contributed by atoms with Crippen LogP contribution in [0.5, 0.6) is 5.75 Å². The van der Waals surface area contributed by atoms with Gasteiger partial charge in [-0.1, -0.05) is 29.4 Å². The van der Waals surface area contributed by atoms with Crippen LogP contribution in [-0.2, 0) is 17.8 Å². The molecule has 0 radical (unpaired) electrons. The van der Waals surface area contributed by atoms with E-state index in [1.54, 1.807) is 0 Å². The molecule has 0 saturated carbocycles. The molecule has 24 heavy (non-hydrogen) atoms. The van der Waals surface area contributed by atoms with Crippen LogP contribution in [0, 0.1) is 5.92 Å². The number of aromatic nitrogens is 2. The van der Waals surface area contributed by atoms with Crippen molar-refractivity contribution in [1.82, 2.24) is 15.5 Å². The molecule has 0 unspecified atom stereocenters. The Hall–Kier alpha value is -2.67. The molecule has 0 fully saturated rings. The number of thiophene rings is 1. The van der Waals surface area contributed by atoms with Crippen LogP contribution in [0.25, 0.3) is 10.8 Å². The third kappa shape index (κ3) is 3.03. The molecule has 1 amide bonds. The average molecular weight is 341 g/mol. The molecule has 1 aliphatic rings. The van der Waals surface area contributed by atoms with E-state index in [9.17, 15) is 4.79 Å². The van der Waals surface area contributed by atoms with Gasteiger partial charge in [0.25, 0.3) is 5.89 Å². The van der Waals surface area contributed by atoms with Gasteiger partial charge in [-0.25, -0.2) is 0 Å². The van der Waals surface area contributed by atoms with E-state index >= 15 is 0 Å². The highest BCUT2D eigenvalue weighted by molar-refractivity contribution is 7.13. The van der Waals surface area contributed by atoms with Crippen molar-refractivity contribution in [2.45, 2.75) is 13.0 Å². The maximum absolute atomic E-state index is 12.3. The first-order valence-corrected chi connectivity index (χ1v) is 8.52. The Kier molecular flexibility index (Phi) is 4.00. The first-order valence-electron chi connectivity index (χ1n) is 7.64. The minimum Gasteiger partial charge on any atom is -0.492 e. The molecule has 3 heterocycles. The number of nitrogens with zero attached hydrogens (tertiary/aromatic N) is 2. The van der Waals surface area contributed by atoms with Gasteiger partial charge >= 0.3 is 0 Å². The summed E-state index contributed by atoms with van der Waals surface area (Å²) in [4.78, 5) is 17.5. The topological polar surface area (TPSA) is 77.3 Å². The number of hydrogen-bond acceptors (Lipinski definition) is 6. The molecule has 0 spiro atoms. The van der Waals surface area contributed by atoms with Crippen LogP contribution in [0.4, 0.5) is 0 Å². The number of hydrogen-bond donors (Lipinski definition) is 1. The number of nitrogens with one attached hydrogen (secondary N) is 1. The fraction of sp³-hybridized carbons (Fsp3) is 0.235. The van der Waals surface area contributed by atoms with Gasteiger partial charge in [0, 0.05) is 0 Å². The van der Waals surface area contributed by atoms with Crippen molar-refractivity contribution >= 4 is 17.2 Å². The molecule has 0 bridgehead atoms. The Morgan fingerprint density at radius 1 is 1.29 bits per heavy atom. The lowest BCUT2D eigenvalue weighted by Gasteiger charge is -2.24. The van der Waals surface area contributed by atoms with E-state index in [0.29, 0.717) is 24.7 Å². The Morgan fingerprint density at radius 2 is 2.21 bits per heavy atom. The lowest BCUT2D eigenvalue weighted by molar-refractivity contribution is -0.126. The van der Waals surface area contributed by atoms with E-state index in [0.717, 1.165) is 16.2 Å². The Balaban J connectivity index is 1.36. The van der Waals surface area contributed by atoms with Gasteiger partial charge in [0.2, 0.25) is 5.91 Å². The molecule has 0 aliphatic carbocycles. The summed E-state index contributed by atoms with van der Waals surface area (Å²) in [5.74, 6) is 1.53. The second-order valence-corrected chi connectivity index (χ2v) is 6.48. The molecule has 1 N–H and O–H groups in total. The molecule has 7 heteroatoms. The molecule has 1 aromatic carbocycles. The van der Waals surface area contributed by atoms with Crippen LogP contribution in [-0.4, -0.2) is 22.7 Å². The predicted molar refractivity (Wildman–Crippen MR) is 88.6 cm³/mol. The van der Waals surface area contributed by atoms with Crippen molar-refractivity contribution in [3.8, 4) is 16.5 Å². The van der Waals surface area contributed by atoms with Gasteiger partial charge < -0.3 is 14.6 Å². The van der Waals surface area contributed by atoms with Crippen LogP contribution < -0.4 is 10.1 Å². The maximum atomic E-state index is 12.3. The molecular formula is C17H15N3O3S. The van der Waals surface area contributed by atoms with Crippen molar-refractivity contribution in [2.24, 2.45) is 5.92 Å². The molecule has 1 aliphatic heterocycles. The molecular weight excluding hydrogens is 326 g/mol. The van der Waals surface area contributed by atoms with Gasteiger partial charge in [-0.3, -0.25) is 4.79 Å². The highest BCUT2D eigenvalue weighted by Gasteiger charge is 2.25. The fourth-order valence-corrected chi connectivity index (χ4v) is 3.28. The minimum atomic E-state index is -0.205. The standard InChI is InChI=1S/C17H15N3O3S/c21-16(12-8-11-4-1-2-5-13(11)22-10-12)18-9-15-19-17(23-20-15)14-6-3-7-24-14/h1-7,12H,8-10H2,(H,18,21)/t12-/m0/s1. The summed E-state index contributed by atoms with van der Waals surface area (Å²) in [5, 5.41) is 8.70. The number of rotatable bonds is 4. The lowest BCUT2D eigenvalue weighted by Crippen LogP contribution is -2.37. The molecule has 0 saturated heterocycles. The molecule has 3 aromatic rings. The van der Waals surface area contributed by atoms with Crippen LogP contribution in [0.1, 0.15) is 11.4 Å². The van der Waals surface area contributed by atoms with E-state index in [1.807, 2.05) is 41.8 Å². The van der Waals surface area contributed by atoms with E-state index in [-0.39, 0.29) is 18.4 Å². The number of benzene rings is 1. The zero-order valence-corrected chi connectivity index (χ0v) is 13.6. The fourth-order valence-electron chi connectivity index (χ4n) is 2.63. The van der Waals surface area contributed by atoms with Gasteiger partial charge in [-0.15, -0.1) is 11.3 Å². The second-order valence-electron chi connectivity index (χ2n) is 5.53. The van der Waals surface area contributed by atoms with Gasteiger partial charge in [0.05, 0.1) is 17.3 Å². The number of carbonyl (C=O) groups is 1. The van der Waals surface area contributed by atoms with Crippen molar-refractivity contribution in [1.29, 1.82) is 0 Å². The second kappa shape index (κ2) is 6.45. The average Bonchev–Trinajstić information content (AvgIpc) is 3.30. The molecule has 1 atom stereocenters. The lowest BCUT2D eigenvalue weighted by atomic mass is 9.96. The third-order valence-corrected chi connectivity index (χ3v) is 4.73. The Labute approximate surface area is 142 Å². The molecule has 122 valence electrons. The highest BCUT2D eigenvalue weighted by atomic mass is 32.1. The zero-order chi connectivity index (χ0) is 16.4. The first kappa shape index (κ1) is 14.9. The van der Waals surface area contributed by atoms with Gasteiger partial charge in [-0.05, 0) is 29.5 Å². The molecule has 2 aromatic heterocycles. The Bertz CT molecular complexity index is 844. The first-order chi connectivity index (χ1) is 11.8. The van der Waals surface area contributed by atoms with Crippen molar-refractivity contribution < 1.29 is 14.1 Å². The van der Waals surface area contributed by atoms with E-state index in [2.05, 4.69) is 15.5 Å². The predicted octanol–water partition coefficient (Wildman–Crippen LogP) is 2.67. The summed E-state index contributed by atoms with van der Waals surface area (Å²) in [6.45, 7) is 0.626. The van der Waals surface area contributed by atoms with Crippen LogP contribution in [0.3, 0.4) is 0 Å². The normalized spacial score (nSPS) is 16.2. The summed E-state index contributed by atoms with van der Waals surface area (Å²) < 4.78 is 10.9. The van der Waals surface area contributed by atoms with E-state index in [4.69, 9.17) is 9.26 Å². The van der Waals surface area contributed by atoms with Crippen molar-refractivity contribution in [3.05, 3.63) is 53.2 Å². The quantitative estimate of drug-likeness (QED) is 0.789. The van der Waals surface area contributed by atoms with Crippen molar-refractivity contribution in [2.75, 3.05) is 6.61 Å². The summed E-state index contributed by atoms with van der Waals surface area (Å²) in [7, 11) is 0. The Morgan fingerprint density at radius 3 is 3.08 bits per heavy atom. The number of carbonyl (C=O) groups excluding carboxylic acids is 1. The van der Waals surface area contributed by atoms with Gasteiger partial charge in [0.1, 0.15) is 12.4 Å². The largest absolute Gasteiger partial charge is 0.492 e.